The van der Waals surface area contributed by atoms with Crippen LogP contribution in [0, 0.1) is 0 Å². The van der Waals surface area contributed by atoms with E-state index in [1.54, 1.807) is 0 Å². The van der Waals surface area contributed by atoms with Gasteiger partial charge in [0, 0.05) is 22.3 Å². The minimum Gasteiger partial charge on any atom is -0.457 e. The highest BCUT2D eigenvalue weighted by Gasteiger charge is 2.04. The van der Waals surface area contributed by atoms with Crippen molar-refractivity contribution in [3.63, 3.8) is 0 Å². The monoisotopic (exact) mass is 368 g/mol. The maximum Gasteiger partial charge on any atom is 0.131 e. The molecule has 0 saturated heterocycles. The van der Waals surface area contributed by atoms with Crippen LogP contribution in [0.4, 0.5) is 5.69 Å². The molecular weight excluding hydrogens is 352 g/mol. The van der Waals surface area contributed by atoms with Crippen LogP contribution < -0.4 is 15.6 Å². The third kappa shape index (κ3) is 4.58. The van der Waals surface area contributed by atoms with Gasteiger partial charge in [0.15, 0.2) is 0 Å². The second-order valence-electron chi connectivity index (χ2n) is 5.01. The van der Waals surface area contributed by atoms with E-state index in [0.29, 0.717) is 6.54 Å². The molecule has 23 heavy (non-hydrogen) atoms. The first-order valence-electron chi connectivity index (χ1n) is 7.36. The fourth-order valence-corrected chi connectivity index (χ4v) is 2.41. The van der Waals surface area contributed by atoms with Crippen molar-refractivity contribution < 1.29 is 4.74 Å². The summed E-state index contributed by atoms with van der Waals surface area (Å²) in [5.74, 6) is 1.66. The average Bonchev–Trinajstić information content (AvgIpc) is 2.59. The lowest BCUT2D eigenvalue weighted by Gasteiger charge is -2.13. The van der Waals surface area contributed by atoms with E-state index < -0.39 is 0 Å². The molecule has 3 aromatic carbocycles. The molecule has 3 aromatic rings. The molecule has 0 saturated carbocycles. The lowest BCUT2D eigenvalue weighted by atomic mass is 10.2. The van der Waals surface area contributed by atoms with Crippen LogP contribution in [0.3, 0.4) is 0 Å². The fraction of sp³-hybridized carbons (Fsp3) is 0.0526. The van der Waals surface area contributed by atoms with Crippen molar-refractivity contribution in [3.05, 3.63) is 88.9 Å². The largest absolute Gasteiger partial charge is 0.457 e. The van der Waals surface area contributed by atoms with Crippen molar-refractivity contribution >= 4 is 21.6 Å². The van der Waals surface area contributed by atoms with Crippen LogP contribution in [0.15, 0.2) is 83.3 Å². The first kappa shape index (κ1) is 15.6. The van der Waals surface area contributed by atoms with Crippen LogP contribution in [0.2, 0.25) is 0 Å². The molecule has 0 unspecified atom stereocenters. The van der Waals surface area contributed by atoms with Crippen LogP contribution in [0.5, 0.6) is 11.5 Å². The molecule has 0 aliphatic heterocycles. The number of hydrazine groups is 1. The second-order valence-corrected chi connectivity index (χ2v) is 5.92. The Hall–Kier alpha value is -2.30. The van der Waals surface area contributed by atoms with Gasteiger partial charge in [0.05, 0.1) is 0 Å². The zero-order valence-electron chi connectivity index (χ0n) is 12.5. The van der Waals surface area contributed by atoms with E-state index in [1.807, 2.05) is 78.9 Å². The van der Waals surface area contributed by atoms with E-state index in [4.69, 9.17) is 4.74 Å². The molecule has 0 spiro atoms. The summed E-state index contributed by atoms with van der Waals surface area (Å²) in [6.45, 7) is 0.654. The molecule has 0 bridgehead atoms. The summed E-state index contributed by atoms with van der Waals surface area (Å²) >= 11 is 3.43. The Kier molecular flexibility index (Phi) is 5.29. The van der Waals surface area contributed by atoms with Crippen molar-refractivity contribution in [2.75, 3.05) is 5.43 Å². The first-order valence-corrected chi connectivity index (χ1v) is 8.16. The lowest BCUT2D eigenvalue weighted by molar-refractivity contribution is 0.474. The summed E-state index contributed by atoms with van der Waals surface area (Å²) in [5, 5.41) is 0. The Morgan fingerprint density at radius 1 is 0.783 bits per heavy atom. The van der Waals surface area contributed by atoms with Gasteiger partial charge in [0.25, 0.3) is 0 Å². The average molecular weight is 369 g/mol. The van der Waals surface area contributed by atoms with Gasteiger partial charge < -0.3 is 10.2 Å². The molecule has 2 N–H and O–H groups in total. The van der Waals surface area contributed by atoms with Crippen LogP contribution in [-0.2, 0) is 6.54 Å². The molecule has 0 aliphatic carbocycles. The highest BCUT2D eigenvalue weighted by Crippen LogP contribution is 2.26. The van der Waals surface area contributed by atoms with Crippen molar-refractivity contribution in [3.8, 4) is 11.5 Å². The predicted molar refractivity (Wildman–Crippen MR) is 97.6 cm³/mol. The Morgan fingerprint density at radius 2 is 1.48 bits per heavy atom. The zero-order valence-corrected chi connectivity index (χ0v) is 14.1. The summed E-state index contributed by atoms with van der Waals surface area (Å²) in [6, 6.07) is 25.8. The lowest BCUT2D eigenvalue weighted by Crippen LogP contribution is -2.21. The number of ether oxygens (including phenoxy) is 1. The summed E-state index contributed by atoms with van der Waals surface area (Å²) in [6.07, 6.45) is 0. The van der Waals surface area contributed by atoms with E-state index in [0.717, 1.165) is 27.2 Å². The maximum absolute atomic E-state index is 5.98. The molecule has 0 amide bonds. The predicted octanol–water partition coefficient (Wildman–Crippen LogP) is 5.36. The van der Waals surface area contributed by atoms with Gasteiger partial charge in [-0.1, -0.05) is 52.3 Å². The highest BCUT2D eigenvalue weighted by molar-refractivity contribution is 9.10. The maximum atomic E-state index is 5.98. The van der Waals surface area contributed by atoms with Crippen LogP contribution in [0.25, 0.3) is 0 Å². The van der Waals surface area contributed by atoms with Gasteiger partial charge in [-0.15, -0.1) is 0 Å². The normalized spacial score (nSPS) is 10.3. The van der Waals surface area contributed by atoms with Crippen LogP contribution in [-0.4, -0.2) is 0 Å². The number of halogens is 1. The van der Waals surface area contributed by atoms with Crippen molar-refractivity contribution in [1.82, 2.24) is 5.43 Å². The fourth-order valence-electron chi connectivity index (χ4n) is 2.14. The minimum absolute atomic E-state index is 0.654. The number of hydrogen-bond acceptors (Lipinski definition) is 3. The number of nitrogens with one attached hydrogen (secondary N) is 2. The number of para-hydroxylation sites is 2. The first-order chi connectivity index (χ1) is 11.3. The Morgan fingerprint density at radius 3 is 2.26 bits per heavy atom. The van der Waals surface area contributed by atoms with Gasteiger partial charge in [0.2, 0.25) is 0 Å². The molecule has 116 valence electrons. The minimum atomic E-state index is 0.654. The van der Waals surface area contributed by atoms with Gasteiger partial charge in [-0.25, -0.2) is 5.43 Å². The Labute approximate surface area is 144 Å². The van der Waals surface area contributed by atoms with Gasteiger partial charge in [0.1, 0.15) is 11.5 Å². The van der Waals surface area contributed by atoms with Crippen molar-refractivity contribution in [2.45, 2.75) is 6.54 Å². The summed E-state index contributed by atoms with van der Waals surface area (Å²) in [4.78, 5) is 0. The summed E-state index contributed by atoms with van der Waals surface area (Å²) in [5.41, 5.74) is 8.50. The molecule has 3 rings (SSSR count). The Bertz CT molecular complexity index is 745. The van der Waals surface area contributed by atoms with E-state index in [2.05, 4.69) is 26.8 Å². The van der Waals surface area contributed by atoms with Gasteiger partial charge >= 0.3 is 0 Å². The van der Waals surface area contributed by atoms with Gasteiger partial charge in [-0.3, -0.25) is 0 Å². The molecule has 0 aromatic heterocycles. The zero-order chi connectivity index (χ0) is 15.9. The SMILES string of the molecule is Brc1ccc(Oc2ccccc2CNNc2ccccc2)cc1. The van der Waals surface area contributed by atoms with Gasteiger partial charge in [-0.2, -0.15) is 0 Å². The number of benzene rings is 3. The molecule has 0 radical (unpaired) electrons. The molecule has 4 heteroatoms. The summed E-state index contributed by atoms with van der Waals surface area (Å²) in [7, 11) is 0. The standard InChI is InChI=1S/C19H17BrN2O/c20-16-10-12-18(13-11-16)23-19-9-5-4-6-15(19)14-21-22-17-7-2-1-3-8-17/h1-13,21-22H,14H2. The van der Waals surface area contributed by atoms with Crippen LogP contribution in [0.1, 0.15) is 5.56 Å². The second kappa shape index (κ2) is 7.81. The topological polar surface area (TPSA) is 33.3 Å². The smallest absolute Gasteiger partial charge is 0.131 e. The van der Waals surface area contributed by atoms with Crippen LogP contribution >= 0.6 is 15.9 Å². The van der Waals surface area contributed by atoms with E-state index in [-0.39, 0.29) is 0 Å². The van der Waals surface area contributed by atoms with E-state index >= 15 is 0 Å². The quantitative estimate of drug-likeness (QED) is 0.574. The summed E-state index contributed by atoms with van der Waals surface area (Å²) < 4.78 is 7.01. The molecule has 0 aliphatic rings. The number of anilines is 1. The highest BCUT2D eigenvalue weighted by atomic mass is 79.9. The molecular formula is C19H17BrN2O. The molecule has 0 atom stereocenters. The third-order valence-electron chi connectivity index (χ3n) is 3.30. The number of rotatable bonds is 6. The number of hydrogen-bond donors (Lipinski definition) is 2. The van der Waals surface area contributed by atoms with Gasteiger partial charge in [-0.05, 0) is 42.5 Å². The molecule has 0 fully saturated rings. The molecule has 3 nitrogen and oxygen atoms in total. The van der Waals surface area contributed by atoms with E-state index in [9.17, 15) is 0 Å². The van der Waals surface area contributed by atoms with Crippen molar-refractivity contribution in [1.29, 1.82) is 0 Å². The Balaban J connectivity index is 1.64. The van der Waals surface area contributed by atoms with E-state index in [1.165, 1.54) is 0 Å². The van der Waals surface area contributed by atoms with Crippen molar-refractivity contribution in [2.24, 2.45) is 0 Å². The third-order valence-corrected chi connectivity index (χ3v) is 3.83. The molecule has 0 heterocycles.